The van der Waals surface area contributed by atoms with Crippen molar-refractivity contribution in [3.8, 4) is 5.75 Å². The van der Waals surface area contributed by atoms with E-state index in [0.717, 1.165) is 25.1 Å². The second-order valence-electron chi connectivity index (χ2n) is 3.88. The van der Waals surface area contributed by atoms with Gasteiger partial charge in [0.25, 0.3) is 0 Å². The predicted molar refractivity (Wildman–Crippen MR) is 62.3 cm³/mol. The molecular formula is C11H11NO7. The molecule has 0 unspecified atom stereocenters. The van der Waals surface area contributed by atoms with Gasteiger partial charge in [-0.3, -0.25) is 19.7 Å². The average molecular weight is 269 g/mol. The molecule has 0 radical (unpaired) electrons. The molecule has 0 aliphatic heterocycles. The Bertz CT molecular complexity index is 538. The van der Waals surface area contributed by atoms with Crippen molar-refractivity contribution in [1.29, 1.82) is 0 Å². The van der Waals surface area contributed by atoms with E-state index in [4.69, 9.17) is 14.9 Å². The Labute approximate surface area is 107 Å². The highest BCUT2D eigenvalue weighted by Crippen LogP contribution is 2.33. The minimum atomic E-state index is -2.21. The van der Waals surface area contributed by atoms with Crippen molar-refractivity contribution in [2.75, 3.05) is 7.11 Å². The largest absolute Gasteiger partial charge is 0.490 e. The number of aliphatic carboxylic acids is 2. The summed E-state index contributed by atoms with van der Waals surface area (Å²) in [6, 6.07) is 3.14. The van der Waals surface area contributed by atoms with Crippen LogP contribution in [-0.2, 0) is 15.0 Å². The summed E-state index contributed by atoms with van der Waals surface area (Å²) in [6.07, 6.45) is 0. The third-order valence-corrected chi connectivity index (χ3v) is 2.81. The number of carboxylic acid groups (broad SMARTS) is 2. The van der Waals surface area contributed by atoms with Crippen molar-refractivity contribution < 1.29 is 29.5 Å². The summed E-state index contributed by atoms with van der Waals surface area (Å²) in [5.41, 5.74) is -2.69. The predicted octanol–water partition coefficient (Wildman–Crippen LogP) is 1.03. The van der Waals surface area contributed by atoms with Gasteiger partial charge in [-0.15, -0.1) is 0 Å². The molecule has 102 valence electrons. The van der Waals surface area contributed by atoms with Gasteiger partial charge in [0.05, 0.1) is 12.0 Å². The van der Waals surface area contributed by atoms with Crippen LogP contribution < -0.4 is 4.74 Å². The van der Waals surface area contributed by atoms with Gasteiger partial charge in [-0.05, 0) is 18.6 Å². The van der Waals surface area contributed by atoms with Crippen molar-refractivity contribution in [2.45, 2.75) is 12.3 Å². The number of hydrogen-bond donors (Lipinski definition) is 2. The number of nitro groups is 1. The zero-order valence-corrected chi connectivity index (χ0v) is 10.1. The number of carboxylic acids is 2. The first-order valence-corrected chi connectivity index (χ1v) is 5.04. The lowest BCUT2D eigenvalue weighted by Crippen LogP contribution is -2.40. The fourth-order valence-corrected chi connectivity index (χ4v) is 1.48. The number of nitrogens with zero attached hydrogens (tertiary/aromatic N) is 1. The molecule has 0 heterocycles. The Kier molecular flexibility index (Phi) is 3.74. The summed E-state index contributed by atoms with van der Waals surface area (Å²) in [6.45, 7) is 0.998. The topological polar surface area (TPSA) is 127 Å². The van der Waals surface area contributed by atoms with E-state index in [1.807, 2.05) is 0 Å². The Balaban J connectivity index is 3.48. The maximum absolute atomic E-state index is 11.1. The van der Waals surface area contributed by atoms with Gasteiger partial charge in [0.1, 0.15) is 0 Å². The molecule has 1 rings (SSSR count). The molecule has 0 aliphatic carbocycles. The number of carbonyl (C=O) groups is 2. The monoisotopic (exact) mass is 269 g/mol. The molecule has 8 heteroatoms. The van der Waals surface area contributed by atoms with E-state index >= 15 is 0 Å². The van der Waals surface area contributed by atoms with E-state index in [-0.39, 0.29) is 17.0 Å². The summed E-state index contributed by atoms with van der Waals surface area (Å²) in [7, 11) is 1.17. The number of rotatable bonds is 5. The SMILES string of the molecule is COc1cc(C(C)(C(=O)O)C(=O)O)ccc1[N+](=O)[O-]. The Morgan fingerprint density at radius 3 is 2.21 bits per heavy atom. The van der Waals surface area contributed by atoms with Crippen LogP contribution in [0.5, 0.6) is 5.75 Å². The van der Waals surface area contributed by atoms with E-state index in [9.17, 15) is 19.7 Å². The molecular weight excluding hydrogens is 258 g/mol. The Hall–Kier alpha value is -2.64. The molecule has 8 nitrogen and oxygen atoms in total. The summed E-state index contributed by atoms with van der Waals surface area (Å²) in [5.74, 6) is -3.34. The standard InChI is InChI=1S/C11H11NO7/c1-11(9(13)14,10(15)16)6-3-4-7(12(17)18)8(5-6)19-2/h3-5H,1-2H3,(H,13,14)(H,15,16). The molecule has 0 saturated heterocycles. The first kappa shape index (κ1) is 14.4. The van der Waals surface area contributed by atoms with Crippen LogP contribution in [0.1, 0.15) is 12.5 Å². The molecule has 0 amide bonds. The van der Waals surface area contributed by atoms with E-state index in [1.165, 1.54) is 7.11 Å². The normalized spacial score (nSPS) is 10.8. The minimum Gasteiger partial charge on any atom is -0.490 e. The quantitative estimate of drug-likeness (QED) is 0.464. The van der Waals surface area contributed by atoms with Crippen LogP contribution in [0.25, 0.3) is 0 Å². The molecule has 0 atom stereocenters. The number of ether oxygens (including phenoxy) is 1. The first-order valence-electron chi connectivity index (χ1n) is 5.04. The molecule has 0 fully saturated rings. The van der Waals surface area contributed by atoms with Crippen molar-refractivity contribution >= 4 is 17.6 Å². The first-order chi connectivity index (χ1) is 8.75. The highest BCUT2D eigenvalue weighted by Gasteiger charge is 2.44. The molecule has 0 spiro atoms. The molecule has 2 N–H and O–H groups in total. The van der Waals surface area contributed by atoms with E-state index in [0.29, 0.717) is 0 Å². The third-order valence-electron chi connectivity index (χ3n) is 2.81. The summed E-state index contributed by atoms with van der Waals surface area (Å²) >= 11 is 0. The van der Waals surface area contributed by atoms with Crippen molar-refractivity contribution in [3.63, 3.8) is 0 Å². The van der Waals surface area contributed by atoms with Crippen LogP contribution in [-0.4, -0.2) is 34.2 Å². The lowest BCUT2D eigenvalue weighted by molar-refractivity contribution is -0.385. The van der Waals surface area contributed by atoms with Gasteiger partial charge in [-0.25, -0.2) is 0 Å². The van der Waals surface area contributed by atoms with Crippen LogP contribution in [0.3, 0.4) is 0 Å². The maximum atomic E-state index is 11.1. The van der Waals surface area contributed by atoms with Crippen molar-refractivity contribution in [3.05, 3.63) is 33.9 Å². The molecule has 0 bridgehead atoms. The second kappa shape index (κ2) is 4.92. The molecule has 0 saturated carbocycles. The Morgan fingerprint density at radius 1 is 1.32 bits per heavy atom. The minimum absolute atomic E-state index is 0.116. The smallest absolute Gasteiger partial charge is 0.325 e. The third kappa shape index (κ3) is 2.32. The number of benzene rings is 1. The zero-order chi connectivity index (χ0) is 14.8. The van der Waals surface area contributed by atoms with E-state index in [1.54, 1.807) is 0 Å². The van der Waals surface area contributed by atoms with Gasteiger partial charge in [0, 0.05) is 6.07 Å². The van der Waals surface area contributed by atoms with Crippen LogP contribution in [0.2, 0.25) is 0 Å². The molecule has 0 aliphatic rings. The van der Waals surface area contributed by atoms with Gasteiger partial charge in [-0.2, -0.15) is 0 Å². The van der Waals surface area contributed by atoms with Crippen LogP contribution in [0.4, 0.5) is 5.69 Å². The number of nitro benzene ring substituents is 1. The van der Waals surface area contributed by atoms with Gasteiger partial charge in [0.2, 0.25) is 0 Å². The van der Waals surface area contributed by atoms with Crippen LogP contribution >= 0.6 is 0 Å². The Morgan fingerprint density at radius 2 is 1.84 bits per heavy atom. The van der Waals surface area contributed by atoms with Gasteiger partial charge in [0.15, 0.2) is 11.2 Å². The van der Waals surface area contributed by atoms with Gasteiger partial charge in [-0.1, -0.05) is 6.07 Å². The molecule has 19 heavy (non-hydrogen) atoms. The highest BCUT2D eigenvalue weighted by atomic mass is 16.6. The number of methoxy groups -OCH3 is 1. The van der Waals surface area contributed by atoms with Crippen molar-refractivity contribution in [2.24, 2.45) is 0 Å². The zero-order valence-electron chi connectivity index (χ0n) is 10.1. The second-order valence-corrected chi connectivity index (χ2v) is 3.88. The van der Waals surface area contributed by atoms with E-state index < -0.39 is 22.3 Å². The lowest BCUT2D eigenvalue weighted by Gasteiger charge is -2.20. The fraction of sp³-hybridized carbons (Fsp3) is 0.273. The fourth-order valence-electron chi connectivity index (χ4n) is 1.48. The van der Waals surface area contributed by atoms with Gasteiger partial charge >= 0.3 is 17.6 Å². The summed E-state index contributed by atoms with van der Waals surface area (Å²) < 4.78 is 4.77. The number of hydrogen-bond acceptors (Lipinski definition) is 5. The van der Waals surface area contributed by atoms with E-state index in [2.05, 4.69) is 0 Å². The molecule has 1 aromatic carbocycles. The van der Waals surface area contributed by atoms with Crippen LogP contribution in [0, 0.1) is 10.1 Å². The van der Waals surface area contributed by atoms with Gasteiger partial charge < -0.3 is 14.9 Å². The molecule has 1 aromatic rings. The van der Waals surface area contributed by atoms with Crippen LogP contribution in [0.15, 0.2) is 18.2 Å². The summed E-state index contributed by atoms with van der Waals surface area (Å²) in [5, 5.41) is 28.8. The lowest BCUT2D eigenvalue weighted by atomic mass is 9.82. The van der Waals surface area contributed by atoms with Crippen molar-refractivity contribution in [1.82, 2.24) is 0 Å². The maximum Gasteiger partial charge on any atom is 0.325 e. The highest BCUT2D eigenvalue weighted by molar-refractivity contribution is 6.04. The average Bonchev–Trinajstić information content (AvgIpc) is 2.36. The molecule has 0 aromatic heterocycles. The summed E-state index contributed by atoms with van der Waals surface area (Å²) in [4.78, 5) is 32.2.